The Balaban J connectivity index is 1.20. The van der Waals surface area contributed by atoms with E-state index >= 15 is 0 Å². The van der Waals surface area contributed by atoms with E-state index < -0.39 is 0 Å². The monoisotopic (exact) mass is 419 g/mol. The number of ether oxygens (including phenoxy) is 2. The summed E-state index contributed by atoms with van der Waals surface area (Å²) < 4.78 is 13.3. The molecule has 0 radical (unpaired) electrons. The van der Waals surface area contributed by atoms with E-state index in [1.165, 1.54) is 0 Å². The summed E-state index contributed by atoms with van der Waals surface area (Å²) in [7, 11) is 0. The van der Waals surface area contributed by atoms with E-state index in [-0.39, 0.29) is 11.9 Å². The highest BCUT2D eigenvalue weighted by Crippen LogP contribution is 2.34. The number of hydrogen-bond donors (Lipinski definition) is 1. The van der Waals surface area contributed by atoms with Crippen molar-refractivity contribution < 1.29 is 14.3 Å². The van der Waals surface area contributed by atoms with Crippen LogP contribution in [0.2, 0.25) is 0 Å². The van der Waals surface area contributed by atoms with Crippen LogP contribution in [0.3, 0.4) is 0 Å². The minimum Gasteiger partial charge on any atom is -0.486 e. The molecule has 0 spiro atoms. The molecule has 1 amide bonds. The van der Waals surface area contributed by atoms with Gasteiger partial charge in [-0.1, -0.05) is 0 Å². The number of hydrogen-bond acceptors (Lipinski definition) is 6. The molecular weight excluding hydrogens is 394 g/mol. The molecule has 2 aromatic heterocycles. The van der Waals surface area contributed by atoms with Crippen molar-refractivity contribution in [1.82, 2.24) is 25.1 Å². The van der Waals surface area contributed by atoms with E-state index in [0.717, 1.165) is 42.5 Å². The molecule has 1 fully saturated rings. The van der Waals surface area contributed by atoms with Crippen LogP contribution in [0.1, 0.15) is 47.6 Å². The second-order valence-electron chi connectivity index (χ2n) is 8.09. The number of fused-ring (bicyclic) bond motifs is 1. The van der Waals surface area contributed by atoms with Crippen LogP contribution >= 0.6 is 0 Å². The lowest BCUT2D eigenvalue weighted by molar-refractivity contribution is 0.0920. The van der Waals surface area contributed by atoms with Gasteiger partial charge in [-0.25, -0.2) is 9.97 Å². The van der Waals surface area contributed by atoms with Crippen LogP contribution in [-0.2, 0) is 0 Å². The van der Waals surface area contributed by atoms with Crippen LogP contribution in [0.25, 0.3) is 11.3 Å². The lowest BCUT2D eigenvalue weighted by Gasteiger charge is -2.29. The third kappa shape index (κ3) is 4.10. The highest BCUT2D eigenvalue weighted by Gasteiger charge is 2.26. The third-order valence-electron chi connectivity index (χ3n) is 6.02. The lowest BCUT2D eigenvalue weighted by atomic mass is 9.91. The van der Waals surface area contributed by atoms with Crippen molar-refractivity contribution >= 4 is 5.91 Å². The molecule has 1 aromatic carbocycles. The average molecular weight is 419 g/mol. The summed E-state index contributed by atoms with van der Waals surface area (Å²) in [5, 5.41) is 7.75. The van der Waals surface area contributed by atoms with Crippen LogP contribution < -0.4 is 14.8 Å². The molecule has 0 saturated heterocycles. The van der Waals surface area contributed by atoms with Crippen molar-refractivity contribution in [3.05, 3.63) is 54.2 Å². The molecule has 0 bridgehead atoms. The summed E-state index contributed by atoms with van der Waals surface area (Å²) >= 11 is 0. The third-order valence-corrected chi connectivity index (χ3v) is 6.02. The average Bonchev–Trinajstić information content (AvgIpc) is 3.30. The Morgan fingerprint density at radius 3 is 2.65 bits per heavy atom. The maximum atomic E-state index is 12.9. The van der Waals surface area contributed by atoms with E-state index in [2.05, 4.69) is 20.4 Å². The lowest BCUT2D eigenvalue weighted by Crippen LogP contribution is -2.38. The fraction of sp³-hybridized carbons (Fsp3) is 0.391. The number of carbonyl (C=O) groups excluding carboxylic acids is 1. The van der Waals surface area contributed by atoms with Gasteiger partial charge in [0, 0.05) is 29.6 Å². The second-order valence-corrected chi connectivity index (χ2v) is 8.09. The fourth-order valence-corrected chi connectivity index (χ4v) is 4.31. The minimum absolute atomic E-state index is 0.0527. The summed E-state index contributed by atoms with van der Waals surface area (Å²) in [6.45, 7) is 2.97. The Morgan fingerprint density at radius 2 is 1.90 bits per heavy atom. The molecule has 3 aromatic rings. The predicted molar refractivity (Wildman–Crippen MR) is 114 cm³/mol. The van der Waals surface area contributed by atoms with Crippen molar-refractivity contribution in [2.24, 2.45) is 0 Å². The first kappa shape index (κ1) is 19.5. The molecule has 160 valence electrons. The van der Waals surface area contributed by atoms with Gasteiger partial charge in [-0.15, -0.1) is 0 Å². The molecule has 8 heteroatoms. The summed E-state index contributed by atoms with van der Waals surface area (Å²) in [6, 6.07) is 6.05. The van der Waals surface area contributed by atoms with Crippen molar-refractivity contribution in [2.45, 2.75) is 44.7 Å². The highest BCUT2D eigenvalue weighted by atomic mass is 16.6. The minimum atomic E-state index is -0.0527. The zero-order valence-electron chi connectivity index (χ0n) is 17.5. The van der Waals surface area contributed by atoms with E-state index in [0.29, 0.717) is 36.3 Å². The molecule has 8 nitrogen and oxygen atoms in total. The van der Waals surface area contributed by atoms with Crippen molar-refractivity contribution in [1.29, 1.82) is 0 Å². The van der Waals surface area contributed by atoms with Crippen LogP contribution in [0, 0.1) is 6.92 Å². The van der Waals surface area contributed by atoms with Gasteiger partial charge in [-0.3, -0.25) is 9.48 Å². The molecule has 0 atom stereocenters. The number of nitrogens with zero attached hydrogens (tertiary/aromatic N) is 4. The molecule has 3 heterocycles. The summed E-state index contributed by atoms with van der Waals surface area (Å²) in [5.74, 6) is 1.30. The zero-order chi connectivity index (χ0) is 21.2. The number of nitrogens with one attached hydrogen (secondary N) is 1. The standard InChI is InChI=1S/C23H25N5O3/c1-15-10-21-22(31-9-8-30-21)11-19(15)23(29)27-17-2-4-18(5-3-17)28-13-16(12-26-28)20-6-7-24-14-25-20/h6-7,10-14,17-18H,2-5,8-9H2,1H3,(H,27,29). The molecule has 5 rings (SSSR count). The SMILES string of the molecule is Cc1cc2c(cc1C(=O)NC1CCC(n3cc(-c4ccncn4)cn3)CC1)OCCO2. The maximum absolute atomic E-state index is 12.9. The van der Waals surface area contributed by atoms with Crippen LogP contribution in [0.5, 0.6) is 11.5 Å². The van der Waals surface area contributed by atoms with Crippen molar-refractivity contribution in [2.75, 3.05) is 13.2 Å². The highest BCUT2D eigenvalue weighted by molar-refractivity contribution is 5.96. The molecule has 2 aliphatic rings. The number of aromatic nitrogens is 4. The van der Waals surface area contributed by atoms with Gasteiger partial charge in [-0.05, 0) is 56.4 Å². The molecule has 1 N–H and O–H groups in total. The number of carbonyl (C=O) groups is 1. The maximum Gasteiger partial charge on any atom is 0.251 e. The van der Waals surface area contributed by atoms with E-state index in [1.807, 2.05) is 36.1 Å². The Hall–Kier alpha value is -3.42. The molecule has 1 aliphatic carbocycles. The number of rotatable bonds is 4. The fourth-order valence-electron chi connectivity index (χ4n) is 4.31. The van der Waals surface area contributed by atoms with Gasteiger partial charge < -0.3 is 14.8 Å². The molecule has 1 saturated carbocycles. The Bertz CT molecular complexity index is 1070. The normalized spacial score (nSPS) is 20.3. The Labute approximate surface area is 180 Å². The van der Waals surface area contributed by atoms with Gasteiger partial charge in [0.15, 0.2) is 11.5 Å². The molecule has 0 unspecified atom stereocenters. The Morgan fingerprint density at radius 1 is 1.13 bits per heavy atom. The predicted octanol–water partition coefficient (Wildman–Crippen LogP) is 3.33. The summed E-state index contributed by atoms with van der Waals surface area (Å²) in [4.78, 5) is 21.1. The summed E-state index contributed by atoms with van der Waals surface area (Å²) in [5.41, 5.74) is 3.40. The van der Waals surface area contributed by atoms with Crippen molar-refractivity contribution in [3.8, 4) is 22.8 Å². The number of amides is 1. The molecular formula is C23H25N5O3. The Kier molecular flexibility index (Phi) is 5.28. The number of benzene rings is 1. The first-order chi connectivity index (χ1) is 15.2. The second kappa shape index (κ2) is 8.37. The van der Waals surface area contributed by atoms with Crippen LogP contribution in [0.15, 0.2) is 43.1 Å². The van der Waals surface area contributed by atoms with Gasteiger partial charge in [-0.2, -0.15) is 5.10 Å². The topological polar surface area (TPSA) is 91.2 Å². The first-order valence-corrected chi connectivity index (χ1v) is 10.7. The van der Waals surface area contributed by atoms with Gasteiger partial charge in [0.2, 0.25) is 0 Å². The van der Waals surface area contributed by atoms with Crippen molar-refractivity contribution in [3.63, 3.8) is 0 Å². The first-order valence-electron chi connectivity index (χ1n) is 10.7. The van der Waals surface area contributed by atoms with E-state index in [9.17, 15) is 4.79 Å². The van der Waals surface area contributed by atoms with Gasteiger partial charge >= 0.3 is 0 Å². The molecule has 1 aliphatic heterocycles. The quantitative estimate of drug-likeness (QED) is 0.698. The summed E-state index contributed by atoms with van der Waals surface area (Å²) in [6.07, 6.45) is 10.9. The molecule has 31 heavy (non-hydrogen) atoms. The van der Waals surface area contributed by atoms with E-state index in [1.54, 1.807) is 18.6 Å². The zero-order valence-corrected chi connectivity index (χ0v) is 17.5. The van der Waals surface area contributed by atoms with E-state index in [4.69, 9.17) is 9.47 Å². The van der Waals surface area contributed by atoms with Crippen LogP contribution in [0.4, 0.5) is 0 Å². The number of aryl methyl sites for hydroxylation is 1. The van der Waals surface area contributed by atoms with Crippen LogP contribution in [-0.4, -0.2) is 44.9 Å². The van der Waals surface area contributed by atoms with Gasteiger partial charge in [0.25, 0.3) is 5.91 Å². The van der Waals surface area contributed by atoms with Gasteiger partial charge in [0.05, 0.1) is 17.9 Å². The van der Waals surface area contributed by atoms with Gasteiger partial charge in [0.1, 0.15) is 19.5 Å². The smallest absolute Gasteiger partial charge is 0.251 e. The largest absolute Gasteiger partial charge is 0.486 e.